The van der Waals surface area contributed by atoms with Crippen LogP contribution in [-0.2, 0) is 4.84 Å². The van der Waals surface area contributed by atoms with Gasteiger partial charge in [-0.2, -0.15) is 0 Å². The monoisotopic (exact) mass is 375 g/mol. The second kappa shape index (κ2) is 5.81. The van der Waals surface area contributed by atoms with Crippen LogP contribution in [0.2, 0.25) is 0 Å². The zero-order valence-corrected chi connectivity index (χ0v) is 15.9. The van der Waals surface area contributed by atoms with E-state index in [4.69, 9.17) is 4.84 Å². The SMILES string of the molecule is c1ccc(N2C(c3cc4ccccc4s3)=NOC23CN2CCC3CC2)cc1. The van der Waals surface area contributed by atoms with Gasteiger partial charge in [0.1, 0.15) is 0 Å². The molecule has 4 nitrogen and oxygen atoms in total. The molecule has 1 unspecified atom stereocenters. The first-order valence-corrected chi connectivity index (χ1v) is 10.5. The van der Waals surface area contributed by atoms with E-state index < -0.39 is 0 Å². The van der Waals surface area contributed by atoms with Crippen LogP contribution in [0.1, 0.15) is 17.7 Å². The highest BCUT2D eigenvalue weighted by Gasteiger charge is 2.58. The minimum atomic E-state index is -0.372. The van der Waals surface area contributed by atoms with E-state index in [1.54, 1.807) is 11.3 Å². The fourth-order valence-corrected chi connectivity index (χ4v) is 5.93. The van der Waals surface area contributed by atoms with Crippen molar-refractivity contribution >= 4 is 32.9 Å². The summed E-state index contributed by atoms with van der Waals surface area (Å²) in [6.45, 7) is 3.28. The van der Waals surface area contributed by atoms with Gasteiger partial charge in [-0.25, -0.2) is 0 Å². The number of benzene rings is 2. The van der Waals surface area contributed by atoms with Gasteiger partial charge in [0.05, 0.1) is 11.4 Å². The number of nitrogens with zero attached hydrogens (tertiary/aromatic N) is 3. The van der Waals surface area contributed by atoms with E-state index in [1.165, 1.54) is 46.6 Å². The van der Waals surface area contributed by atoms with Crippen LogP contribution in [0.25, 0.3) is 10.1 Å². The maximum absolute atomic E-state index is 6.32. The Balaban J connectivity index is 1.49. The van der Waals surface area contributed by atoms with Gasteiger partial charge in [-0.15, -0.1) is 11.3 Å². The number of hydrogen-bond acceptors (Lipinski definition) is 5. The highest BCUT2D eigenvalue weighted by atomic mass is 32.1. The van der Waals surface area contributed by atoms with Crippen LogP contribution < -0.4 is 4.90 Å². The van der Waals surface area contributed by atoms with Crippen molar-refractivity contribution in [1.82, 2.24) is 4.90 Å². The Bertz CT molecular complexity index is 989. The summed E-state index contributed by atoms with van der Waals surface area (Å²) in [5, 5.41) is 5.95. The molecule has 136 valence electrons. The van der Waals surface area contributed by atoms with Crippen molar-refractivity contribution in [1.29, 1.82) is 0 Å². The van der Waals surface area contributed by atoms with E-state index >= 15 is 0 Å². The largest absolute Gasteiger partial charge is 0.363 e. The average Bonchev–Trinajstić information content (AvgIpc) is 3.31. The third-order valence-electron chi connectivity index (χ3n) is 6.22. The molecule has 4 aliphatic rings. The van der Waals surface area contributed by atoms with Gasteiger partial charge < -0.3 is 4.84 Å². The van der Waals surface area contributed by atoms with E-state index in [9.17, 15) is 0 Å². The van der Waals surface area contributed by atoms with E-state index in [0.717, 1.165) is 12.4 Å². The van der Waals surface area contributed by atoms with E-state index in [1.807, 2.05) is 0 Å². The molecule has 5 heteroatoms. The molecule has 1 atom stereocenters. The number of hydrogen-bond donors (Lipinski definition) is 0. The number of fused-ring (bicyclic) bond motifs is 3. The van der Waals surface area contributed by atoms with E-state index in [-0.39, 0.29) is 5.72 Å². The van der Waals surface area contributed by atoms with Gasteiger partial charge >= 0.3 is 0 Å². The minimum absolute atomic E-state index is 0.372. The standard InChI is InChI=1S/C22H21N3OS/c1-2-7-18(8-3-1)25-21(20-14-16-6-4-5-9-19(16)27-20)23-26-22(25)15-24-12-10-17(22)11-13-24/h1-9,14,17H,10-13,15H2. The van der Waals surface area contributed by atoms with Crippen LogP contribution in [-0.4, -0.2) is 36.1 Å². The summed E-state index contributed by atoms with van der Waals surface area (Å²) in [6, 6.07) is 21.4. The number of rotatable bonds is 2. The van der Waals surface area contributed by atoms with Crippen LogP contribution >= 0.6 is 11.3 Å². The first-order valence-electron chi connectivity index (χ1n) is 9.66. The molecular formula is C22H21N3OS. The molecule has 0 saturated carbocycles. The highest BCUT2D eigenvalue weighted by Crippen LogP contribution is 2.47. The summed E-state index contributed by atoms with van der Waals surface area (Å²) < 4.78 is 1.29. The maximum Gasteiger partial charge on any atom is 0.231 e. The molecule has 1 aromatic heterocycles. The molecule has 0 N–H and O–H groups in total. The van der Waals surface area contributed by atoms with Crippen LogP contribution in [0, 0.1) is 5.92 Å². The van der Waals surface area contributed by atoms with Gasteiger partial charge in [-0.05, 0) is 55.6 Å². The fraction of sp³-hybridized carbons (Fsp3) is 0.318. The average molecular weight is 375 g/mol. The van der Waals surface area contributed by atoms with Crippen molar-refractivity contribution in [3.05, 3.63) is 65.5 Å². The summed E-state index contributed by atoms with van der Waals surface area (Å²) in [5.74, 6) is 1.47. The number of piperidine rings is 3. The van der Waals surface area contributed by atoms with E-state index in [2.05, 4.69) is 75.6 Å². The number of anilines is 1. The van der Waals surface area contributed by atoms with Crippen LogP contribution in [0.15, 0.2) is 65.8 Å². The summed E-state index contributed by atoms with van der Waals surface area (Å²) in [4.78, 5) is 12.4. The Morgan fingerprint density at radius 3 is 2.52 bits per heavy atom. The van der Waals surface area contributed by atoms with Crippen molar-refractivity contribution in [3.8, 4) is 0 Å². The molecule has 3 saturated heterocycles. The predicted octanol–water partition coefficient (Wildman–Crippen LogP) is 4.52. The number of thiophene rings is 1. The normalized spacial score (nSPS) is 29.3. The molecule has 4 aliphatic heterocycles. The molecule has 0 aliphatic carbocycles. The molecule has 2 bridgehead atoms. The lowest BCUT2D eigenvalue weighted by Gasteiger charge is -2.53. The van der Waals surface area contributed by atoms with Crippen LogP contribution in [0.5, 0.6) is 0 Å². The third kappa shape index (κ3) is 2.28. The van der Waals surface area contributed by atoms with Crippen molar-refractivity contribution in [2.45, 2.75) is 18.6 Å². The van der Waals surface area contributed by atoms with Gasteiger partial charge in [0.15, 0.2) is 5.84 Å². The van der Waals surface area contributed by atoms with Gasteiger partial charge in [0.25, 0.3) is 0 Å². The molecule has 3 fully saturated rings. The number of oxime groups is 1. The van der Waals surface area contributed by atoms with Gasteiger partial charge in [-0.1, -0.05) is 41.6 Å². The molecule has 0 radical (unpaired) electrons. The first-order chi connectivity index (χ1) is 13.3. The Hall–Kier alpha value is -2.37. The van der Waals surface area contributed by atoms with Gasteiger partial charge in [-0.3, -0.25) is 9.80 Å². The number of amidine groups is 1. The van der Waals surface area contributed by atoms with Crippen molar-refractivity contribution in [3.63, 3.8) is 0 Å². The minimum Gasteiger partial charge on any atom is -0.363 e. The second-order valence-electron chi connectivity index (χ2n) is 7.72. The van der Waals surface area contributed by atoms with Crippen LogP contribution in [0.4, 0.5) is 5.69 Å². The molecule has 2 aromatic carbocycles. The van der Waals surface area contributed by atoms with Crippen molar-refractivity contribution in [2.24, 2.45) is 11.1 Å². The maximum atomic E-state index is 6.32. The van der Waals surface area contributed by atoms with Gasteiger partial charge in [0, 0.05) is 16.3 Å². The van der Waals surface area contributed by atoms with Crippen molar-refractivity contribution in [2.75, 3.05) is 24.5 Å². The summed E-state index contributed by atoms with van der Waals surface area (Å²) >= 11 is 1.79. The van der Waals surface area contributed by atoms with Crippen molar-refractivity contribution < 1.29 is 4.84 Å². The molecule has 7 rings (SSSR count). The zero-order valence-electron chi connectivity index (χ0n) is 15.0. The number of para-hydroxylation sites is 1. The Labute approximate surface area is 162 Å². The molecule has 3 aromatic rings. The first kappa shape index (κ1) is 15.7. The highest BCUT2D eigenvalue weighted by molar-refractivity contribution is 7.21. The Morgan fingerprint density at radius 1 is 1.00 bits per heavy atom. The molecule has 0 amide bonds. The Kier molecular flexibility index (Phi) is 3.37. The van der Waals surface area contributed by atoms with E-state index in [0.29, 0.717) is 5.92 Å². The fourth-order valence-electron chi connectivity index (χ4n) is 4.90. The topological polar surface area (TPSA) is 28.1 Å². The molecule has 27 heavy (non-hydrogen) atoms. The quantitative estimate of drug-likeness (QED) is 0.659. The molecule has 5 heterocycles. The summed E-state index contributed by atoms with van der Waals surface area (Å²) in [5.41, 5.74) is 0.795. The smallest absolute Gasteiger partial charge is 0.231 e. The zero-order chi connectivity index (χ0) is 17.8. The lowest BCUT2D eigenvalue weighted by molar-refractivity contribution is -0.134. The summed E-state index contributed by atoms with van der Waals surface area (Å²) in [6.07, 6.45) is 2.36. The lowest BCUT2D eigenvalue weighted by Crippen LogP contribution is -2.67. The predicted molar refractivity (Wildman–Crippen MR) is 110 cm³/mol. The second-order valence-corrected chi connectivity index (χ2v) is 8.80. The lowest BCUT2D eigenvalue weighted by atomic mass is 9.79. The molecular weight excluding hydrogens is 354 g/mol. The molecule has 1 spiro atoms. The van der Waals surface area contributed by atoms with Gasteiger partial charge in [0.2, 0.25) is 5.72 Å². The summed E-state index contributed by atoms with van der Waals surface area (Å²) in [7, 11) is 0. The Morgan fingerprint density at radius 2 is 1.78 bits per heavy atom. The third-order valence-corrected chi connectivity index (χ3v) is 7.33. The van der Waals surface area contributed by atoms with Crippen LogP contribution in [0.3, 0.4) is 0 Å².